The van der Waals surface area contributed by atoms with Gasteiger partial charge in [-0.3, -0.25) is 0 Å². The van der Waals surface area contributed by atoms with Crippen molar-refractivity contribution in [2.45, 2.75) is 45.7 Å². The van der Waals surface area contributed by atoms with Crippen LogP contribution in [0, 0.1) is 0 Å². The summed E-state index contributed by atoms with van der Waals surface area (Å²) in [5, 5.41) is 6.88. The molecule has 1 aromatic rings. The fourth-order valence-corrected chi connectivity index (χ4v) is 2.85. The number of rotatable bonds is 5. The van der Waals surface area contributed by atoms with E-state index >= 15 is 0 Å². The van der Waals surface area contributed by atoms with Gasteiger partial charge in [0.15, 0.2) is 0 Å². The van der Waals surface area contributed by atoms with Crippen LogP contribution in [0.3, 0.4) is 0 Å². The summed E-state index contributed by atoms with van der Waals surface area (Å²) in [6, 6.07) is 0.551. The monoisotopic (exact) mass is 258 g/mol. The maximum atomic E-state index is 4.66. The summed E-state index contributed by atoms with van der Waals surface area (Å²) in [5.74, 6) is 1.15. The molecule has 16 heavy (non-hydrogen) atoms. The van der Waals surface area contributed by atoms with Crippen molar-refractivity contribution in [3.05, 3.63) is 16.1 Å². The maximum absolute atomic E-state index is 4.66. The van der Waals surface area contributed by atoms with Crippen molar-refractivity contribution in [3.8, 4) is 0 Å². The smallest absolute Gasteiger partial charge is 0.0982 e. The van der Waals surface area contributed by atoms with Crippen LogP contribution in [0.5, 0.6) is 0 Å². The van der Waals surface area contributed by atoms with Gasteiger partial charge in [-0.2, -0.15) is 11.8 Å². The molecule has 0 aliphatic rings. The van der Waals surface area contributed by atoms with E-state index in [1.807, 2.05) is 11.8 Å². The Labute approximate surface area is 107 Å². The van der Waals surface area contributed by atoms with E-state index in [1.165, 1.54) is 10.7 Å². The van der Waals surface area contributed by atoms with Crippen LogP contribution in [-0.2, 0) is 12.0 Å². The first-order valence-corrected chi connectivity index (χ1v) is 7.88. The van der Waals surface area contributed by atoms with Crippen LogP contribution in [0.4, 0.5) is 0 Å². The Morgan fingerprint density at radius 3 is 2.69 bits per heavy atom. The van der Waals surface area contributed by atoms with Gasteiger partial charge in [0, 0.05) is 29.1 Å². The molecule has 1 unspecified atom stereocenters. The average molecular weight is 258 g/mol. The first-order valence-electron chi connectivity index (χ1n) is 5.60. The van der Waals surface area contributed by atoms with Crippen LogP contribution in [0.1, 0.15) is 38.4 Å². The van der Waals surface area contributed by atoms with Gasteiger partial charge in [-0.05, 0) is 13.2 Å². The van der Waals surface area contributed by atoms with Gasteiger partial charge in [0.2, 0.25) is 0 Å². The molecule has 1 heterocycles. The second-order valence-corrected chi connectivity index (χ2v) is 6.90. The molecule has 1 rings (SSSR count). The fraction of sp³-hybridized carbons (Fsp3) is 0.750. The second kappa shape index (κ2) is 6.03. The van der Waals surface area contributed by atoms with Crippen LogP contribution in [-0.4, -0.2) is 23.0 Å². The minimum atomic E-state index is 0.174. The Morgan fingerprint density at radius 1 is 1.50 bits per heavy atom. The van der Waals surface area contributed by atoms with E-state index < -0.39 is 0 Å². The maximum Gasteiger partial charge on any atom is 0.0982 e. The van der Waals surface area contributed by atoms with E-state index in [-0.39, 0.29) is 5.41 Å². The summed E-state index contributed by atoms with van der Waals surface area (Å²) >= 11 is 3.64. The molecule has 1 aromatic heterocycles. The van der Waals surface area contributed by atoms with Gasteiger partial charge in [-0.1, -0.05) is 20.8 Å². The molecule has 0 radical (unpaired) electrons. The summed E-state index contributed by atoms with van der Waals surface area (Å²) in [4.78, 5) is 4.66. The summed E-state index contributed by atoms with van der Waals surface area (Å²) in [7, 11) is 0. The van der Waals surface area contributed by atoms with Crippen LogP contribution in [0.25, 0.3) is 0 Å². The van der Waals surface area contributed by atoms with Crippen molar-refractivity contribution < 1.29 is 0 Å². The molecule has 92 valence electrons. The molecule has 0 aliphatic heterocycles. The molecule has 0 bridgehead atoms. The molecule has 1 N–H and O–H groups in total. The highest BCUT2D eigenvalue weighted by atomic mass is 32.2. The molecule has 0 fully saturated rings. The van der Waals surface area contributed by atoms with Crippen molar-refractivity contribution in [2.75, 3.05) is 12.0 Å². The highest BCUT2D eigenvalue weighted by Gasteiger charge is 2.17. The highest BCUT2D eigenvalue weighted by molar-refractivity contribution is 7.98. The topological polar surface area (TPSA) is 24.9 Å². The molecule has 0 amide bonds. The van der Waals surface area contributed by atoms with Gasteiger partial charge in [-0.15, -0.1) is 11.3 Å². The number of thioether (sulfide) groups is 1. The zero-order chi connectivity index (χ0) is 12.2. The molecule has 1 atom stereocenters. The standard InChI is InChI=1S/C12H22N2S2/c1-9(7-15-5)13-6-10-8-16-11(14-10)12(2,3)4/h8-9,13H,6-7H2,1-5H3. The number of hydrogen-bond donors (Lipinski definition) is 1. The SMILES string of the molecule is CSCC(C)NCc1csc(C(C)(C)C)n1. The van der Waals surface area contributed by atoms with Crippen molar-refractivity contribution in [1.82, 2.24) is 10.3 Å². The lowest BCUT2D eigenvalue weighted by molar-refractivity contribution is 0.567. The van der Waals surface area contributed by atoms with E-state index in [0.29, 0.717) is 6.04 Å². The van der Waals surface area contributed by atoms with Crippen molar-refractivity contribution >= 4 is 23.1 Å². The predicted octanol–water partition coefficient (Wildman–Crippen LogP) is 3.28. The van der Waals surface area contributed by atoms with E-state index in [1.54, 1.807) is 11.3 Å². The molecular weight excluding hydrogens is 236 g/mol. The zero-order valence-corrected chi connectivity index (χ0v) is 12.5. The van der Waals surface area contributed by atoms with Crippen molar-refractivity contribution in [1.29, 1.82) is 0 Å². The first kappa shape index (κ1) is 14.0. The number of nitrogens with one attached hydrogen (secondary N) is 1. The van der Waals surface area contributed by atoms with Crippen LogP contribution in [0.2, 0.25) is 0 Å². The lowest BCUT2D eigenvalue weighted by atomic mass is 9.98. The molecular formula is C12H22N2S2. The normalized spacial score (nSPS) is 14.1. The molecule has 0 aromatic carbocycles. The van der Waals surface area contributed by atoms with Gasteiger partial charge < -0.3 is 5.32 Å². The third kappa shape index (κ3) is 4.44. The first-order chi connectivity index (χ1) is 7.43. The van der Waals surface area contributed by atoms with Crippen LogP contribution in [0.15, 0.2) is 5.38 Å². The van der Waals surface area contributed by atoms with Gasteiger partial charge in [0.1, 0.15) is 0 Å². The number of aromatic nitrogens is 1. The lowest BCUT2D eigenvalue weighted by Crippen LogP contribution is -2.27. The van der Waals surface area contributed by atoms with Crippen LogP contribution < -0.4 is 5.32 Å². The summed E-state index contributed by atoms with van der Waals surface area (Å²) in [5.41, 5.74) is 1.34. The fourth-order valence-electron chi connectivity index (χ4n) is 1.32. The van der Waals surface area contributed by atoms with Crippen LogP contribution >= 0.6 is 23.1 Å². The minimum absolute atomic E-state index is 0.174. The summed E-state index contributed by atoms with van der Waals surface area (Å²) in [6.45, 7) is 9.72. The Morgan fingerprint density at radius 2 is 2.19 bits per heavy atom. The van der Waals surface area contributed by atoms with Gasteiger partial charge >= 0.3 is 0 Å². The molecule has 0 saturated carbocycles. The Balaban J connectivity index is 2.47. The molecule has 0 aliphatic carbocycles. The average Bonchev–Trinajstić information content (AvgIpc) is 2.63. The second-order valence-electron chi connectivity index (χ2n) is 5.13. The number of nitrogens with zero attached hydrogens (tertiary/aromatic N) is 1. The number of hydrogen-bond acceptors (Lipinski definition) is 4. The Bertz CT molecular complexity index is 315. The van der Waals surface area contributed by atoms with Gasteiger partial charge in [-0.25, -0.2) is 4.98 Å². The quantitative estimate of drug-likeness (QED) is 0.877. The lowest BCUT2D eigenvalue weighted by Gasteiger charge is -2.14. The van der Waals surface area contributed by atoms with E-state index in [2.05, 4.69) is 49.6 Å². The van der Waals surface area contributed by atoms with E-state index in [9.17, 15) is 0 Å². The largest absolute Gasteiger partial charge is 0.308 e. The van der Waals surface area contributed by atoms with E-state index in [0.717, 1.165) is 12.3 Å². The molecule has 4 heteroatoms. The van der Waals surface area contributed by atoms with Gasteiger partial charge in [0.05, 0.1) is 10.7 Å². The van der Waals surface area contributed by atoms with Gasteiger partial charge in [0.25, 0.3) is 0 Å². The molecule has 0 saturated heterocycles. The predicted molar refractivity (Wildman–Crippen MR) is 75.5 cm³/mol. The summed E-state index contributed by atoms with van der Waals surface area (Å²) < 4.78 is 0. The van der Waals surface area contributed by atoms with Crippen molar-refractivity contribution in [2.24, 2.45) is 0 Å². The summed E-state index contributed by atoms with van der Waals surface area (Å²) in [6.07, 6.45) is 2.14. The zero-order valence-electron chi connectivity index (χ0n) is 10.8. The molecule has 2 nitrogen and oxygen atoms in total. The Kier molecular flexibility index (Phi) is 5.28. The third-order valence-electron chi connectivity index (χ3n) is 2.24. The highest BCUT2D eigenvalue weighted by Crippen LogP contribution is 2.25. The number of thiazole rings is 1. The van der Waals surface area contributed by atoms with E-state index in [4.69, 9.17) is 0 Å². The minimum Gasteiger partial charge on any atom is -0.308 e. The van der Waals surface area contributed by atoms with Crippen molar-refractivity contribution in [3.63, 3.8) is 0 Å². The third-order valence-corrected chi connectivity index (χ3v) is 4.39. The molecule has 0 spiro atoms. The Hall–Kier alpha value is -0.0600.